The van der Waals surface area contributed by atoms with Gasteiger partial charge in [0.25, 0.3) is 0 Å². The number of rotatable bonds is 4. The van der Waals surface area contributed by atoms with E-state index in [0.29, 0.717) is 16.9 Å². The van der Waals surface area contributed by atoms with E-state index in [4.69, 9.17) is 17.0 Å². The van der Waals surface area contributed by atoms with E-state index in [1.165, 1.54) is 0 Å². The standard InChI is InChI=1S/C12H22N4OS/c1-4-17-10-6-5-7-15(8-10)11-13-14-12(18)16(11)9(2)3/h9-10H,4-8H2,1-3H3,(H,14,18). The average Bonchev–Trinajstić information content (AvgIpc) is 2.72. The molecule has 18 heavy (non-hydrogen) atoms. The Bertz CT molecular complexity index is 438. The van der Waals surface area contributed by atoms with Gasteiger partial charge in [0.1, 0.15) is 0 Å². The van der Waals surface area contributed by atoms with E-state index in [9.17, 15) is 0 Å². The molecule has 1 aromatic heterocycles. The van der Waals surface area contributed by atoms with Crippen LogP contribution in [-0.2, 0) is 4.74 Å². The van der Waals surface area contributed by atoms with Gasteiger partial charge in [-0.1, -0.05) is 0 Å². The molecule has 0 radical (unpaired) electrons. The van der Waals surface area contributed by atoms with Crippen LogP contribution in [0.2, 0.25) is 0 Å². The Morgan fingerprint density at radius 3 is 3.00 bits per heavy atom. The molecule has 1 fully saturated rings. The van der Waals surface area contributed by atoms with Gasteiger partial charge in [-0.3, -0.25) is 4.57 Å². The van der Waals surface area contributed by atoms with Gasteiger partial charge in [0.2, 0.25) is 5.95 Å². The van der Waals surface area contributed by atoms with Crippen molar-refractivity contribution in [1.29, 1.82) is 0 Å². The van der Waals surface area contributed by atoms with Crippen LogP contribution in [0.4, 0.5) is 5.95 Å². The fraction of sp³-hybridized carbons (Fsp3) is 0.833. The van der Waals surface area contributed by atoms with Gasteiger partial charge >= 0.3 is 0 Å². The highest BCUT2D eigenvalue weighted by Crippen LogP contribution is 2.22. The summed E-state index contributed by atoms with van der Waals surface area (Å²) in [6.07, 6.45) is 2.59. The lowest BCUT2D eigenvalue weighted by atomic mass is 10.1. The zero-order chi connectivity index (χ0) is 13.1. The van der Waals surface area contributed by atoms with Crippen molar-refractivity contribution in [2.24, 2.45) is 0 Å². The second-order valence-electron chi connectivity index (χ2n) is 4.96. The summed E-state index contributed by atoms with van der Waals surface area (Å²) in [5.41, 5.74) is 0. The fourth-order valence-electron chi connectivity index (χ4n) is 2.48. The second-order valence-corrected chi connectivity index (χ2v) is 5.34. The van der Waals surface area contributed by atoms with Gasteiger partial charge in [-0.15, -0.1) is 5.10 Å². The Labute approximate surface area is 113 Å². The van der Waals surface area contributed by atoms with Crippen LogP contribution in [0.25, 0.3) is 0 Å². The molecule has 1 aromatic rings. The van der Waals surface area contributed by atoms with E-state index >= 15 is 0 Å². The van der Waals surface area contributed by atoms with Crippen LogP contribution in [0.15, 0.2) is 0 Å². The molecule has 1 N–H and O–H groups in total. The van der Waals surface area contributed by atoms with E-state index in [1.807, 2.05) is 6.92 Å². The molecule has 2 rings (SSSR count). The van der Waals surface area contributed by atoms with Crippen LogP contribution in [-0.4, -0.2) is 40.6 Å². The SMILES string of the molecule is CCOC1CCCN(c2n[nH]c(=S)n2C(C)C)C1. The third kappa shape index (κ3) is 2.75. The van der Waals surface area contributed by atoms with Crippen molar-refractivity contribution < 1.29 is 4.74 Å². The fourth-order valence-corrected chi connectivity index (χ4v) is 2.81. The lowest BCUT2D eigenvalue weighted by molar-refractivity contribution is 0.0521. The summed E-state index contributed by atoms with van der Waals surface area (Å²) in [5, 5.41) is 7.27. The molecule has 0 spiro atoms. The van der Waals surface area contributed by atoms with Crippen molar-refractivity contribution >= 4 is 18.2 Å². The molecule has 5 nitrogen and oxygen atoms in total. The number of aromatic nitrogens is 3. The van der Waals surface area contributed by atoms with Gasteiger partial charge in [0, 0.05) is 25.7 Å². The number of aromatic amines is 1. The first-order valence-electron chi connectivity index (χ1n) is 6.67. The maximum atomic E-state index is 5.73. The van der Waals surface area contributed by atoms with E-state index in [0.717, 1.165) is 38.5 Å². The average molecular weight is 270 g/mol. The molecular weight excluding hydrogens is 248 g/mol. The van der Waals surface area contributed by atoms with Crippen molar-refractivity contribution in [1.82, 2.24) is 14.8 Å². The molecule has 1 aliphatic heterocycles. The predicted octanol–water partition coefficient (Wildman–Crippen LogP) is 2.53. The van der Waals surface area contributed by atoms with Gasteiger partial charge in [-0.25, -0.2) is 5.10 Å². The molecule has 102 valence electrons. The minimum atomic E-state index is 0.314. The molecule has 1 unspecified atom stereocenters. The summed E-state index contributed by atoms with van der Waals surface area (Å²) in [4.78, 5) is 2.27. The van der Waals surface area contributed by atoms with E-state index in [2.05, 4.69) is 33.5 Å². The summed E-state index contributed by atoms with van der Waals surface area (Å²) < 4.78 is 8.49. The Hall–Kier alpha value is -0.880. The Morgan fingerprint density at radius 1 is 1.56 bits per heavy atom. The van der Waals surface area contributed by atoms with E-state index in [1.54, 1.807) is 0 Å². The number of H-pyrrole nitrogens is 1. The maximum Gasteiger partial charge on any atom is 0.226 e. The highest BCUT2D eigenvalue weighted by atomic mass is 32.1. The number of ether oxygens (including phenoxy) is 1. The second kappa shape index (κ2) is 5.84. The van der Waals surface area contributed by atoms with Gasteiger partial charge in [0.05, 0.1) is 6.10 Å². The molecule has 2 heterocycles. The molecule has 0 saturated carbocycles. The van der Waals surface area contributed by atoms with Crippen molar-refractivity contribution in [3.63, 3.8) is 0 Å². The number of hydrogen-bond acceptors (Lipinski definition) is 4. The topological polar surface area (TPSA) is 46.1 Å². The monoisotopic (exact) mass is 270 g/mol. The van der Waals surface area contributed by atoms with Gasteiger partial charge < -0.3 is 9.64 Å². The molecule has 0 aromatic carbocycles. The lowest BCUT2D eigenvalue weighted by Gasteiger charge is -2.33. The highest BCUT2D eigenvalue weighted by molar-refractivity contribution is 7.71. The van der Waals surface area contributed by atoms with Crippen LogP contribution in [0.3, 0.4) is 0 Å². The lowest BCUT2D eigenvalue weighted by Crippen LogP contribution is -2.41. The maximum absolute atomic E-state index is 5.73. The molecule has 6 heteroatoms. The first kappa shape index (κ1) is 13.5. The first-order chi connectivity index (χ1) is 8.63. The molecule has 1 saturated heterocycles. The molecule has 1 aliphatic rings. The third-order valence-corrected chi connectivity index (χ3v) is 3.55. The minimum Gasteiger partial charge on any atom is -0.377 e. The highest BCUT2D eigenvalue weighted by Gasteiger charge is 2.24. The van der Waals surface area contributed by atoms with Crippen LogP contribution in [0.1, 0.15) is 39.7 Å². The van der Waals surface area contributed by atoms with Gasteiger partial charge in [-0.05, 0) is 45.8 Å². The smallest absolute Gasteiger partial charge is 0.226 e. The summed E-state index contributed by atoms with van der Waals surface area (Å²) in [6.45, 7) is 8.99. The zero-order valence-corrected chi connectivity index (χ0v) is 12.2. The normalized spacial score (nSPS) is 20.7. The van der Waals surface area contributed by atoms with E-state index < -0.39 is 0 Å². The van der Waals surface area contributed by atoms with Crippen molar-refractivity contribution in [3.8, 4) is 0 Å². The van der Waals surface area contributed by atoms with Crippen molar-refractivity contribution in [3.05, 3.63) is 4.77 Å². The number of nitrogens with one attached hydrogen (secondary N) is 1. The number of nitrogens with zero attached hydrogens (tertiary/aromatic N) is 3. The summed E-state index contributed by atoms with van der Waals surface area (Å²) in [6, 6.07) is 0.318. The minimum absolute atomic E-state index is 0.314. The van der Waals surface area contributed by atoms with Crippen LogP contribution >= 0.6 is 12.2 Å². The molecule has 0 aliphatic carbocycles. The Morgan fingerprint density at radius 2 is 2.33 bits per heavy atom. The van der Waals surface area contributed by atoms with Crippen molar-refractivity contribution in [2.45, 2.75) is 45.8 Å². The van der Waals surface area contributed by atoms with Crippen molar-refractivity contribution in [2.75, 3.05) is 24.6 Å². The summed E-state index contributed by atoms with van der Waals surface area (Å²) >= 11 is 5.29. The van der Waals surface area contributed by atoms with Gasteiger partial charge in [-0.2, -0.15) is 0 Å². The number of anilines is 1. The molecule has 0 amide bonds. The number of hydrogen-bond donors (Lipinski definition) is 1. The summed E-state index contributed by atoms with van der Waals surface area (Å²) in [5.74, 6) is 0.944. The zero-order valence-electron chi connectivity index (χ0n) is 11.3. The largest absolute Gasteiger partial charge is 0.377 e. The van der Waals surface area contributed by atoms with Crippen LogP contribution < -0.4 is 4.90 Å². The Balaban J connectivity index is 2.18. The third-order valence-electron chi connectivity index (χ3n) is 3.27. The Kier molecular flexibility index (Phi) is 4.40. The number of piperidine rings is 1. The molecule has 1 atom stereocenters. The molecule has 0 bridgehead atoms. The predicted molar refractivity (Wildman–Crippen MR) is 74.7 cm³/mol. The van der Waals surface area contributed by atoms with E-state index in [-0.39, 0.29) is 0 Å². The molecular formula is C12H22N4OS. The van der Waals surface area contributed by atoms with Crippen LogP contribution in [0.5, 0.6) is 0 Å². The first-order valence-corrected chi connectivity index (χ1v) is 7.07. The van der Waals surface area contributed by atoms with Gasteiger partial charge in [0.15, 0.2) is 4.77 Å². The quantitative estimate of drug-likeness (QED) is 0.854. The van der Waals surface area contributed by atoms with Crippen LogP contribution in [0, 0.1) is 4.77 Å². The summed E-state index contributed by atoms with van der Waals surface area (Å²) in [7, 11) is 0.